The number of aromatic nitrogens is 1. The monoisotopic (exact) mass is 268 g/mol. The lowest BCUT2D eigenvalue weighted by Crippen LogP contribution is -2.08. The van der Waals surface area contributed by atoms with Crippen LogP contribution in [-0.4, -0.2) is 10.8 Å². The lowest BCUT2D eigenvalue weighted by molar-refractivity contribution is 0.0989. The maximum Gasteiger partial charge on any atom is 0.187 e. The van der Waals surface area contributed by atoms with Crippen molar-refractivity contribution in [2.75, 3.05) is 5.73 Å². The molecular formula is C15H12N2OS. The number of rotatable bonds is 3. The van der Waals surface area contributed by atoms with E-state index in [4.69, 9.17) is 5.73 Å². The second kappa shape index (κ2) is 4.82. The number of carbonyl (C=O) groups is 1. The van der Waals surface area contributed by atoms with Gasteiger partial charge in [0.05, 0.1) is 5.69 Å². The Kier molecular flexibility index (Phi) is 3.01. The number of fused-ring (bicyclic) bond motifs is 1. The van der Waals surface area contributed by atoms with E-state index < -0.39 is 0 Å². The van der Waals surface area contributed by atoms with Gasteiger partial charge in [-0.15, -0.1) is 11.3 Å². The molecule has 0 atom stereocenters. The Morgan fingerprint density at radius 2 is 2.05 bits per heavy atom. The van der Waals surface area contributed by atoms with Crippen molar-refractivity contribution in [3.8, 4) is 0 Å². The molecular weight excluding hydrogens is 256 g/mol. The fourth-order valence-electron chi connectivity index (χ4n) is 2.08. The number of hydrogen-bond acceptors (Lipinski definition) is 4. The van der Waals surface area contributed by atoms with Crippen LogP contribution in [0.25, 0.3) is 10.1 Å². The Hall–Kier alpha value is -2.20. The summed E-state index contributed by atoms with van der Waals surface area (Å²) in [5.74, 6) is -0.0401. The third-order valence-electron chi connectivity index (χ3n) is 3.02. The molecule has 3 nitrogen and oxygen atoms in total. The van der Waals surface area contributed by atoms with Crippen LogP contribution >= 0.6 is 11.3 Å². The number of carbonyl (C=O) groups excluding carboxylic acids is 1. The molecule has 0 radical (unpaired) electrons. The molecule has 0 spiro atoms. The number of benzene rings is 1. The van der Waals surface area contributed by atoms with Crippen LogP contribution in [0.5, 0.6) is 0 Å². The first kappa shape index (κ1) is 11.9. The van der Waals surface area contributed by atoms with Gasteiger partial charge < -0.3 is 5.73 Å². The molecule has 4 heteroatoms. The Bertz CT molecular complexity index is 748. The molecule has 0 bridgehead atoms. The zero-order chi connectivity index (χ0) is 13.2. The van der Waals surface area contributed by atoms with Crippen LogP contribution in [0.3, 0.4) is 0 Å². The fourth-order valence-corrected chi connectivity index (χ4v) is 3.04. The second-order valence-electron chi connectivity index (χ2n) is 4.30. The molecule has 0 saturated carbocycles. The number of nitrogens with zero attached hydrogens (tertiary/aromatic N) is 1. The third-order valence-corrected chi connectivity index (χ3v) is 4.03. The summed E-state index contributed by atoms with van der Waals surface area (Å²) in [4.78, 5) is 16.3. The van der Waals surface area contributed by atoms with Crippen LogP contribution < -0.4 is 5.73 Å². The summed E-state index contributed by atoms with van der Waals surface area (Å²) in [5.41, 5.74) is 7.62. The Labute approximate surface area is 114 Å². The summed E-state index contributed by atoms with van der Waals surface area (Å²) in [6.07, 6.45) is 1.93. The number of ketones is 1. The predicted octanol–water partition coefficient (Wildman–Crippen LogP) is 3.30. The van der Waals surface area contributed by atoms with Crippen LogP contribution in [0.4, 0.5) is 5.69 Å². The van der Waals surface area contributed by atoms with Gasteiger partial charge in [0.1, 0.15) is 5.69 Å². The molecule has 0 aliphatic rings. The van der Waals surface area contributed by atoms with E-state index in [1.54, 1.807) is 29.7 Å². The van der Waals surface area contributed by atoms with Crippen molar-refractivity contribution in [2.24, 2.45) is 0 Å². The first-order chi connectivity index (χ1) is 9.25. The van der Waals surface area contributed by atoms with Gasteiger partial charge in [-0.25, -0.2) is 0 Å². The molecule has 2 N–H and O–H groups in total. The van der Waals surface area contributed by atoms with Crippen molar-refractivity contribution < 1.29 is 4.79 Å². The van der Waals surface area contributed by atoms with Crippen LogP contribution in [0.1, 0.15) is 16.1 Å². The molecule has 19 heavy (non-hydrogen) atoms. The van der Waals surface area contributed by atoms with Crippen molar-refractivity contribution in [2.45, 2.75) is 6.42 Å². The summed E-state index contributed by atoms with van der Waals surface area (Å²) in [5, 5.41) is 3.16. The Morgan fingerprint density at radius 3 is 2.89 bits per heavy atom. The second-order valence-corrected chi connectivity index (χ2v) is 5.21. The van der Waals surface area contributed by atoms with E-state index >= 15 is 0 Å². The van der Waals surface area contributed by atoms with Gasteiger partial charge in [-0.3, -0.25) is 9.78 Å². The van der Waals surface area contributed by atoms with Gasteiger partial charge in [-0.05, 0) is 34.5 Å². The first-order valence-electron chi connectivity index (χ1n) is 5.94. The lowest BCUT2D eigenvalue weighted by atomic mass is 10.0. The number of Topliss-reactive ketones (excluding diaryl/α,β-unsaturated/α-hetero) is 1. The highest BCUT2D eigenvalue weighted by Crippen LogP contribution is 2.26. The molecule has 2 heterocycles. The van der Waals surface area contributed by atoms with E-state index in [1.807, 2.05) is 23.6 Å². The number of nitrogens with two attached hydrogens (primary N) is 1. The smallest absolute Gasteiger partial charge is 0.187 e. The summed E-state index contributed by atoms with van der Waals surface area (Å²) in [6, 6.07) is 11.5. The van der Waals surface area contributed by atoms with Crippen molar-refractivity contribution in [1.82, 2.24) is 4.98 Å². The minimum absolute atomic E-state index is 0.0401. The number of thiophene rings is 1. The van der Waals surface area contributed by atoms with E-state index in [0.29, 0.717) is 17.8 Å². The van der Waals surface area contributed by atoms with Gasteiger partial charge in [-0.1, -0.05) is 18.2 Å². The first-order valence-corrected chi connectivity index (χ1v) is 6.82. The van der Waals surface area contributed by atoms with Crippen LogP contribution in [0.2, 0.25) is 0 Å². The standard InChI is InChI=1S/C15H12N2OS/c16-12-5-3-7-17-15(12)13(18)8-10-9-19-14-6-2-1-4-11(10)14/h1-7,9H,8,16H2. The van der Waals surface area contributed by atoms with Gasteiger partial charge in [0.15, 0.2) is 5.78 Å². The summed E-state index contributed by atoms with van der Waals surface area (Å²) >= 11 is 1.65. The van der Waals surface area contributed by atoms with E-state index in [2.05, 4.69) is 11.1 Å². The molecule has 94 valence electrons. The Balaban J connectivity index is 1.94. The number of pyridine rings is 1. The van der Waals surface area contributed by atoms with Crippen LogP contribution in [0, 0.1) is 0 Å². The zero-order valence-corrected chi connectivity index (χ0v) is 11.0. The van der Waals surface area contributed by atoms with Crippen molar-refractivity contribution >= 4 is 32.9 Å². The molecule has 2 aromatic heterocycles. The van der Waals surface area contributed by atoms with E-state index in [1.165, 1.54) is 4.70 Å². The van der Waals surface area contributed by atoms with E-state index in [9.17, 15) is 4.79 Å². The van der Waals surface area contributed by atoms with Gasteiger partial charge in [0, 0.05) is 17.3 Å². The quantitative estimate of drug-likeness (QED) is 0.741. The third kappa shape index (κ3) is 2.22. The molecule has 3 rings (SSSR count). The zero-order valence-electron chi connectivity index (χ0n) is 10.2. The fraction of sp³-hybridized carbons (Fsp3) is 0.0667. The van der Waals surface area contributed by atoms with Gasteiger partial charge in [0.25, 0.3) is 0 Å². The predicted molar refractivity (Wildman–Crippen MR) is 78.5 cm³/mol. The number of nitrogen functional groups attached to an aromatic ring is 1. The molecule has 1 aromatic carbocycles. The van der Waals surface area contributed by atoms with E-state index in [0.717, 1.165) is 10.9 Å². The highest BCUT2D eigenvalue weighted by Gasteiger charge is 2.14. The van der Waals surface area contributed by atoms with Crippen LogP contribution in [0.15, 0.2) is 48.0 Å². The molecule has 3 aromatic rings. The lowest BCUT2D eigenvalue weighted by Gasteiger charge is -2.02. The molecule has 0 aliphatic carbocycles. The van der Waals surface area contributed by atoms with Crippen molar-refractivity contribution in [1.29, 1.82) is 0 Å². The topological polar surface area (TPSA) is 56.0 Å². The van der Waals surface area contributed by atoms with Gasteiger partial charge >= 0.3 is 0 Å². The van der Waals surface area contributed by atoms with Crippen molar-refractivity contribution in [3.05, 3.63) is 59.2 Å². The average Bonchev–Trinajstić information content (AvgIpc) is 2.83. The van der Waals surface area contributed by atoms with Crippen LogP contribution in [-0.2, 0) is 6.42 Å². The summed E-state index contributed by atoms with van der Waals surface area (Å²) < 4.78 is 1.19. The number of hydrogen-bond donors (Lipinski definition) is 1. The number of anilines is 1. The molecule has 0 aliphatic heterocycles. The summed E-state index contributed by atoms with van der Waals surface area (Å²) in [7, 11) is 0. The SMILES string of the molecule is Nc1cccnc1C(=O)Cc1csc2ccccc12. The maximum absolute atomic E-state index is 12.2. The highest BCUT2D eigenvalue weighted by atomic mass is 32.1. The minimum Gasteiger partial charge on any atom is -0.397 e. The van der Waals surface area contributed by atoms with Crippen molar-refractivity contribution in [3.63, 3.8) is 0 Å². The van der Waals surface area contributed by atoms with E-state index in [-0.39, 0.29) is 5.78 Å². The minimum atomic E-state index is -0.0401. The largest absolute Gasteiger partial charge is 0.397 e. The Morgan fingerprint density at radius 1 is 1.21 bits per heavy atom. The molecule has 0 amide bonds. The normalized spacial score (nSPS) is 10.7. The van der Waals surface area contributed by atoms with Gasteiger partial charge in [-0.2, -0.15) is 0 Å². The molecule has 0 unspecified atom stereocenters. The maximum atomic E-state index is 12.2. The average molecular weight is 268 g/mol. The highest BCUT2D eigenvalue weighted by molar-refractivity contribution is 7.17. The molecule has 0 saturated heterocycles. The summed E-state index contributed by atoms with van der Waals surface area (Å²) in [6.45, 7) is 0. The molecule has 0 fully saturated rings. The van der Waals surface area contributed by atoms with Gasteiger partial charge in [0.2, 0.25) is 0 Å².